The number of rotatable bonds is 3. The number of fused-ring (bicyclic) bond motifs is 1. The first-order valence-corrected chi connectivity index (χ1v) is 7.11. The normalized spacial score (nSPS) is 23.3. The predicted molar refractivity (Wildman–Crippen MR) is 74.1 cm³/mol. The molecule has 5 heteroatoms. The maximum Gasteiger partial charge on any atom is 0.164 e. The molecule has 1 aliphatic rings. The van der Waals surface area contributed by atoms with Crippen molar-refractivity contribution in [1.82, 2.24) is 24.9 Å². The maximum absolute atomic E-state index is 4.55. The first-order valence-electron chi connectivity index (χ1n) is 7.11. The molecule has 2 aromatic heterocycles. The minimum atomic E-state index is -0.0180. The third-order valence-corrected chi connectivity index (χ3v) is 4.04. The van der Waals surface area contributed by atoms with Crippen LogP contribution < -0.4 is 5.32 Å². The average Bonchev–Trinajstić information content (AvgIpc) is 2.96. The van der Waals surface area contributed by atoms with Crippen molar-refractivity contribution in [3.05, 3.63) is 23.4 Å². The van der Waals surface area contributed by atoms with Gasteiger partial charge in [0.2, 0.25) is 0 Å². The lowest BCUT2D eigenvalue weighted by atomic mass is 9.91. The minimum Gasteiger partial charge on any atom is -0.305 e. The van der Waals surface area contributed by atoms with Crippen LogP contribution in [0.4, 0.5) is 0 Å². The van der Waals surface area contributed by atoms with E-state index in [0.29, 0.717) is 0 Å². The standard InChI is InChI=1S/C14H21N5/c1-4-6-14(7-5-8-15-14)13-18-17-12-9-10(2)16-11(3)19(12)13/h9,15H,4-8H2,1-3H3. The molecule has 0 saturated carbocycles. The van der Waals surface area contributed by atoms with Crippen molar-refractivity contribution in [2.75, 3.05) is 6.54 Å². The number of aromatic nitrogens is 4. The molecule has 3 heterocycles. The highest BCUT2D eigenvalue weighted by Crippen LogP contribution is 2.34. The van der Waals surface area contributed by atoms with E-state index in [4.69, 9.17) is 0 Å². The van der Waals surface area contributed by atoms with E-state index in [9.17, 15) is 0 Å². The van der Waals surface area contributed by atoms with Gasteiger partial charge in [-0.25, -0.2) is 4.98 Å². The van der Waals surface area contributed by atoms with Gasteiger partial charge in [-0.05, 0) is 39.7 Å². The van der Waals surface area contributed by atoms with Crippen molar-refractivity contribution in [1.29, 1.82) is 0 Å². The third-order valence-electron chi connectivity index (χ3n) is 4.04. The Balaban J connectivity index is 2.19. The molecule has 1 N–H and O–H groups in total. The monoisotopic (exact) mass is 259 g/mol. The van der Waals surface area contributed by atoms with Crippen molar-refractivity contribution in [2.24, 2.45) is 0 Å². The van der Waals surface area contributed by atoms with Crippen LogP contribution in [0.3, 0.4) is 0 Å². The summed E-state index contributed by atoms with van der Waals surface area (Å²) in [5.74, 6) is 2.01. The van der Waals surface area contributed by atoms with Gasteiger partial charge in [0, 0.05) is 11.8 Å². The molecule has 1 saturated heterocycles. The summed E-state index contributed by atoms with van der Waals surface area (Å²) in [5.41, 5.74) is 1.88. The van der Waals surface area contributed by atoms with E-state index in [-0.39, 0.29) is 5.54 Å². The van der Waals surface area contributed by atoms with Crippen LogP contribution in [0.25, 0.3) is 5.65 Å². The fourth-order valence-electron chi connectivity index (χ4n) is 3.29. The SMILES string of the molecule is CCCC1(c2nnc3cc(C)nc(C)n23)CCCN1. The zero-order valence-electron chi connectivity index (χ0n) is 11.9. The van der Waals surface area contributed by atoms with Crippen molar-refractivity contribution in [3.8, 4) is 0 Å². The molecule has 0 aliphatic carbocycles. The molecule has 0 amide bonds. The molecule has 0 bridgehead atoms. The second-order valence-corrected chi connectivity index (χ2v) is 5.52. The second kappa shape index (κ2) is 4.56. The van der Waals surface area contributed by atoms with Crippen LogP contribution in [-0.2, 0) is 5.54 Å². The van der Waals surface area contributed by atoms with Gasteiger partial charge in [-0.3, -0.25) is 4.40 Å². The molecule has 5 nitrogen and oxygen atoms in total. The van der Waals surface area contributed by atoms with Gasteiger partial charge in [-0.15, -0.1) is 10.2 Å². The van der Waals surface area contributed by atoms with E-state index in [0.717, 1.165) is 48.8 Å². The summed E-state index contributed by atoms with van der Waals surface area (Å²) in [5, 5.41) is 12.5. The van der Waals surface area contributed by atoms with Crippen LogP contribution in [0.5, 0.6) is 0 Å². The molecule has 19 heavy (non-hydrogen) atoms. The zero-order chi connectivity index (χ0) is 13.5. The van der Waals surface area contributed by atoms with Gasteiger partial charge in [0.1, 0.15) is 5.82 Å². The van der Waals surface area contributed by atoms with Crippen molar-refractivity contribution in [3.63, 3.8) is 0 Å². The fourth-order valence-corrected chi connectivity index (χ4v) is 3.29. The molecule has 1 aliphatic heterocycles. The lowest BCUT2D eigenvalue weighted by Gasteiger charge is -2.27. The van der Waals surface area contributed by atoms with Crippen LogP contribution in [0, 0.1) is 13.8 Å². The summed E-state index contributed by atoms with van der Waals surface area (Å²) in [4.78, 5) is 4.55. The Morgan fingerprint density at radius 3 is 2.89 bits per heavy atom. The molecule has 102 valence electrons. The Morgan fingerprint density at radius 2 is 2.21 bits per heavy atom. The van der Waals surface area contributed by atoms with Gasteiger partial charge in [-0.2, -0.15) is 0 Å². The first-order chi connectivity index (χ1) is 9.16. The van der Waals surface area contributed by atoms with E-state index in [1.165, 1.54) is 6.42 Å². The predicted octanol–water partition coefficient (Wildman–Crippen LogP) is 2.12. The number of nitrogens with zero attached hydrogens (tertiary/aromatic N) is 4. The second-order valence-electron chi connectivity index (χ2n) is 5.52. The van der Waals surface area contributed by atoms with E-state index >= 15 is 0 Å². The summed E-state index contributed by atoms with van der Waals surface area (Å²) >= 11 is 0. The first kappa shape index (κ1) is 12.5. The summed E-state index contributed by atoms with van der Waals surface area (Å²) < 4.78 is 2.11. The van der Waals surface area contributed by atoms with Crippen molar-refractivity contribution < 1.29 is 0 Å². The lowest BCUT2D eigenvalue weighted by molar-refractivity contribution is 0.330. The number of aryl methyl sites for hydroxylation is 2. The maximum atomic E-state index is 4.55. The van der Waals surface area contributed by atoms with Crippen molar-refractivity contribution >= 4 is 5.65 Å². The zero-order valence-corrected chi connectivity index (χ0v) is 11.9. The van der Waals surface area contributed by atoms with E-state index in [1.54, 1.807) is 0 Å². The van der Waals surface area contributed by atoms with Gasteiger partial charge in [0.25, 0.3) is 0 Å². The summed E-state index contributed by atoms with van der Waals surface area (Å²) in [7, 11) is 0. The molecule has 1 fully saturated rings. The van der Waals surface area contributed by atoms with Crippen LogP contribution in [0.15, 0.2) is 6.07 Å². The highest BCUT2D eigenvalue weighted by molar-refractivity contribution is 5.41. The van der Waals surface area contributed by atoms with E-state index in [2.05, 4.69) is 31.8 Å². The largest absolute Gasteiger partial charge is 0.305 e. The minimum absolute atomic E-state index is 0.0180. The van der Waals surface area contributed by atoms with Crippen LogP contribution >= 0.6 is 0 Å². The number of hydrogen-bond donors (Lipinski definition) is 1. The Bertz CT molecular complexity index is 595. The average molecular weight is 259 g/mol. The Morgan fingerprint density at radius 1 is 1.37 bits per heavy atom. The highest BCUT2D eigenvalue weighted by atomic mass is 15.3. The summed E-state index contributed by atoms with van der Waals surface area (Å²) in [6.07, 6.45) is 4.57. The van der Waals surface area contributed by atoms with Gasteiger partial charge in [-0.1, -0.05) is 13.3 Å². The molecular weight excluding hydrogens is 238 g/mol. The van der Waals surface area contributed by atoms with Crippen LogP contribution in [0.1, 0.15) is 49.9 Å². The Kier molecular flexibility index (Phi) is 3.01. The smallest absolute Gasteiger partial charge is 0.164 e. The number of nitrogens with one attached hydrogen (secondary N) is 1. The molecule has 0 radical (unpaired) electrons. The number of hydrogen-bond acceptors (Lipinski definition) is 4. The summed E-state index contributed by atoms with van der Waals surface area (Å²) in [6.45, 7) is 7.31. The lowest BCUT2D eigenvalue weighted by Crippen LogP contribution is -2.39. The topological polar surface area (TPSA) is 55.1 Å². The van der Waals surface area contributed by atoms with Gasteiger partial charge < -0.3 is 5.32 Å². The van der Waals surface area contributed by atoms with Crippen LogP contribution in [0.2, 0.25) is 0 Å². The highest BCUT2D eigenvalue weighted by Gasteiger charge is 2.38. The summed E-state index contributed by atoms with van der Waals surface area (Å²) in [6, 6.07) is 2.00. The third kappa shape index (κ3) is 1.92. The molecule has 3 rings (SSSR count). The fraction of sp³-hybridized carbons (Fsp3) is 0.643. The van der Waals surface area contributed by atoms with Gasteiger partial charge in [0.05, 0.1) is 5.54 Å². The Hall–Kier alpha value is -1.49. The van der Waals surface area contributed by atoms with E-state index in [1.807, 2.05) is 19.9 Å². The van der Waals surface area contributed by atoms with Gasteiger partial charge >= 0.3 is 0 Å². The quantitative estimate of drug-likeness (QED) is 0.917. The molecule has 2 aromatic rings. The van der Waals surface area contributed by atoms with Crippen LogP contribution in [-0.4, -0.2) is 26.1 Å². The van der Waals surface area contributed by atoms with E-state index < -0.39 is 0 Å². The van der Waals surface area contributed by atoms with Crippen molar-refractivity contribution in [2.45, 2.75) is 52.0 Å². The molecule has 0 aromatic carbocycles. The molecule has 1 unspecified atom stereocenters. The Labute approximate surface area is 113 Å². The molecule has 0 spiro atoms. The molecular formula is C14H21N5. The van der Waals surface area contributed by atoms with Gasteiger partial charge in [0.15, 0.2) is 11.5 Å². The molecule has 1 atom stereocenters.